The summed E-state index contributed by atoms with van der Waals surface area (Å²) in [6.07, 6.45) is 3.78. The van der Waals surface area contributed by atoms with Crippen molar-refractivity contribution in [2.45, 2.75) is 31.1 Å². The van der Waals surface area contributed by atoms with Crippen LogP contribution in [0.2, 0.25) is 0 Å². The number of rotatable bonds is 0. The van der Waals surface area contributed by atoms with Crippen molar-refractivity contribution < 1.29 is 4.79 Å². The second kappa shape index (κ2) is 2.69. The SMILES string of the molecule is O=C1CCc2c(Br)cccc2C12CC2. The maximum absolute atomic E-state index is 11.8. The molecule has 2 heteroatoms. The van der Waals surface area contributed by atoms with Crippen molar-refractivity contribution in [3.63, 3.8) is 0 Å². The highest BCUT2D eigenvalue weighted by atomic mass is 79.9. The Morgan fingerprint density at radius 2 is 2.00 bits per heavy atom. The molecular weight excluding hydrogens is 240 g/mol. The molecule has 1 spiro atoms. The van der Waals surface area contributed by atoms with E-state index in [9.17, 15) is 4.79 Å². The monoisotopic (exact) mass is 250 g/mol. The average molecular weight is 251 g/mol. The number of ketones is 1. The highest BCUT2D eigenvalue weighted by Crippen LogP contribution is 2.54. The number of Topliss-reactive ketones (excluding diaryl/α,β-unsaturated/α-hetero) is 1. The molecule has 0 unspecified atom stereocenters. The quantitative estimate of drug-likeness (QED) is 0.692. The Labute approximate surface area is 91.6 Å². The van der Waals surface area contributed by atoms with Gasteiger partial charge in [0.1, 0.15) is 5.78 Å². The molecule has 0 atom stereocenters. The number of halogens is 1. The Bertz CT molecular complexity index is 418. The van der Waals surface area contributed by atoms with Crippen LogP contribution < -0.4 is 0 Å². The van der Waals surface area contributed by atoms with Crippen molar-refractivity contribution in [2.75, 3.05) is 0 Å². The van der Waals surface area contributed by atoms with Gasteiger partial charge in [-0.2, -0.15) is 0 Å². The first-order chi connectivity index (χ1) is 6.74. The fourth-order valence-electron chi connectivity index (χ4n) is 2.56. The highest BCUT2D eigenvalue weighted by Gasteiger charge is 2.53. The smallest absolute Gasteiger partial charge is 0.143 e. The van der Waals surface area contributed by atoms with Crippen LogP contribution in [0.4, 0.5) is 0 Å². The summed E-state index contributed by atoms with van der Waals surface area (Å²) in [5.74, 6) is 0.461. The molecule has 72 valence electrons. The summed E-state index contributed by atoms with van der Waals surface area (Å²) in [7, 11) is 0. The number of fused-ring (bicyclic) bond motifs is 2. The molecule has 0 bridgehead atoms. The van der Waals surface area contributed by atoms with Gasteiger partial charge in [0, 0.05) is 10.9 Å². The standard InChI is InChI=1S/C12H11BrO/c13-10-3-1-2-9-8(10)4-5-11(14)12(9)6-7-12/h1-3H,4-7H2. The van der Waals surface area contributed by atoms with Gasteiger partial charge in [-0.3, -0.25) is 4.79 Å². The van der Waals surface area contributed by atoms with Gasteiger partial charge in [0.05, 0.1) is 5.41 Å². The predicted octanol–water partition coefficient (Wildman–Crippen LogP) is 3.00. The van der Waals surface area contributed by atoms with Crippen molar-refractivity contribution in [1.29, 1.82) is 0 Å². The summed E-state index contributed by atoms with van der Waals surface area (Å²) in [6.45, 7) is 0. The van der Waals surface area contributed by atoms with E-state index >= 15 is 0 Å². The molecule has 14 heavy (non-hydrogen) atoms. The third kappa shape index (κ3) is 0.977. The lowest BCUT2D eigenvalue weighted by atomic mass is 9.79. The van der Waals surface area contributed by atoms with E-state index in [0.717, 1.165) is 25.7 Å². The minimum atomic E-state index is -0.0582. The average Bonchev–Trinajstić information content (AvgIpc) is 2.94. The van der Waals surface area contributed by atoms with Crippen LogP contribution in [0.5, 0.6) is 0 Å². The molecule has 0 heterocycles. The normalized spacial score (nSPS) is 22.2. The van der Waals surface area contributed by atoms with Gasteiger partial charge >= 0.3 is 0 Å². The largest absolute Gasteiger partial charge is 0.299 e. The van der Waals surface area contributed by atoms with Gasteiger partial charge in [0.2, 0.25) is 0 Å². The lowest BCUT2D eigenvalue weighted by Gasteiger charge is -2.24. The van der Waals surface area contributed by atoms with E-state index in [4.69, 9.17) is 0 Å². The lowest BCUT2D eigenvalue weighted by Crippen LogP contribution is -2.27. The molecule has 1 nitrogen and oxygen atoms in total. The van der Waals surface area contributed by atoms with Gasteiger partial charge < -0.3 is 0 Å². The number of hydrogen-bond donors (Lipinski definition) is 0. The summed E-state index contributed by atoms with van der Waals surface area (Å²) < 4.78 is 1.17. The molecule has 0 aromatic heterocycles. The maximum atomic E-state index is 11.8. The first-order valence-corrected chi connectivity index (χ1v) is 5.84. The van der Waals surface area contributed by atoms with E-state index in [-0.39, 0.29) is 5.41 Å². The lowest BCUT2D eigenvalue weighted by molar-refractivity contribution is -0.121. The minimum absolute atomic E-state index is 0.0582. The first kappa shape index (κ1) is 8.66. The van der Waals surface area contributed by atoms with Crippen LogP contribution in [0.1, 0.15) is 30.4 Å². The molecule has 1 aromatic carbocycles. The Morgan fingerprint density at radius 1 is 1.21 bits per heavy atom. The topological polar surface area (TPSA) is 17.1 Å². The number of hydrogen-bond acceptors (Lipinski definition) is 1. The fraction of sp³-hybridized carbons (Fsp3) is 0.417. The van der Waals surface area contributed by atoms with Crippen LogP contribution in [-0.4, -0.2) is 5.78 Å². The molecular formula is C12H11BrO. The fourth-order valence-corrected chi connectivity index (χ4v) is 3.13. The van der Waals surface area contributed by atoms with Crippen LogP contribution in [-0.2, 0) is 16.6 Å². The van der Waals surface area contributed by atoms with Crippen molar-refractivity contribution in [3.8, 4) is 0 Å². The Morgan fingerprint density at radius 3 is 2.71 bits per heavy atom. The molecule has 0 aliphatic heterocycles. The Hall–Kier alpha value is -0.630. The van der Waals surface area contributed by atoms with Gasteiger partial charge in [-0.25, -0.2) is 0 Å². The minimum Gasteiger partial charge on any atom is -0.299 e. The van der Waals surface area contributed by atoms with Crippen molar-refractivity contribution in [3.05, 3.63) is 33.8 Å². The maximum Gasteiger partial charge on any atom is 0.143 e. The summed E-state index contributed by atoms with van der Waals surface area (Å²) in [4.78, 5) is 11.8. The van der Waals surface area contributed by atoms with Crippen LogP contribution in [0.3, 0.4) is 0 Å². The van der Waals surface area contributed by atoms with Gasteiger partial charge in [-0.1, -0.05) is 28.1 Å². The van der Waals surface area contributed by atoms with Gasteiger partial charge in [0.25, 0.3) is 0 Å². The zero-order chi connectivity index (χ0) is 9.76. The van der Waals surface area contributed by atoms with Gasteiger partial charge in [-0.15, -0.1) is 0 Å². The third-order valence-electron chi connectivity index (χ3n) is 3.52. The number of carbonyl (C=O) groups is 1. The molecule has 2 aliphatic carbocycles. The molecule has 0 radical (unpaired) electrons. The zero-order valence-electron chi connectivity index (χ0n) is 7.85. The van der Waals surface area contributed by atoms with Gasteiger partial charge in [-0.05, 0) is 36.5 Å². The van der Waals surface area contributed by atoms with E-state index in [0.29, 0.717) is 5.78 Å². The van der Waals surface area contributed by atoms with Crippen molar-refractivity contribution in [2.24, 2.45) is 0 Å². The molecule has 1 fully saturated rings. The van der Waals surface area contributed by atoms with Crippen LogP contribution in [0.15, 0.2) is 22.7 Å². The summed E-state index contributed by atoms with van der Waals surface area (Å²) in [6, 6.07) is 6.25. The number of carbonyl (C=O) groups excluding carboxylic acids is 1. The molecule has 3 rings (SSSR count). The second-order valence-corrected chi connectivity index (χ2v) is 5.13. The van der Waals surface area contributed by atoms with E-state index in [1.807, 2.05) is 6.07 Å². The van der Waals surface area contributed by atoms with Crippen molar-refractivity contribution in [1.82, 2.24) is 0 Å². The summed E-state index contributed by atoms with van der Waals surface area (Å²) in [5, 5.41) is 0. The summed E-state index contributed by atoms with van der Waals surface area (Å²) in [5.41, 5.74) is 2.60. The van der Waals surface area contributed by atoms with Crippen LogP contribution >= 0.6 is 15.9 Å². The van der Waals surface area contributed by atoms with Crippen LogP contribution in [0.25, 0.3) is 0 Å². The van der Waals surface area contributed by atoms with E-state index in [2.05, 4.69) is 28.1 Å². The third-order valence-corrected chi connectivity index (χ3v) is 4.26. The summed E-state index contributed by atoms with van der Waals surface area (Å²) >= 11 is 3.57. The molecule has 0 N–H and O–H groups in total. The first-order valence-electron chi connectivity index (χ1n) is 5.05. The number of benzene rings is 1. The second-order valence-electron chi connectivity index (χ2n) is 4.27. The van der Waals surface area contributed by atoms with E-state index in [1.54, 1.807) is 0 Å². The van der Waals surface area contributed by atoms with E-state index in [1.165, 1.54) is 15.6 Å². The Kier molecular flexibility index (Phi) is 1.67. The van der Waals surface area contributed by atoms with Crippen LogP contribution in [0, 0.1) is 0 Å². The molecule has 1 saturated carbocycles. The van der Waals surface area contributed by atoms with Gasteiger partial charge in [0.15, 0.2) is 0 Å². The molecule has 1 aromatic rings. The zero-order valence-corrected chi connectivity index (χ0v) is 9.43. The highest BCUT2D eigenvalue weighted by molar-refractivity contribution is 9.10. The molecule has 0 amide bonds. The van der Waals surface area contributed by atoms with E-state index < -0.39 is 0 Å². The Balaban J connectivity index is 2.23. The molecule has 0 saturated heterocycles. The predicted molar refractivity (Wildman–Crippen MR) is 58.4 cm³/mol. The molecule has 2 aliphatic rings. The van der Waals surface area contributed by atoms with Crippen molar-refractivity contribution >= 4 is 21.7 Å².